The summed E-state index contributed by atoms with van der Waals surface area (Å²) in [5.41, 5.74) is 1.12. The van der Waals surface area contributed by atoms with Crippen LogP contribution < -0.4 is 20.7 Å². The van der Waals surface area contributed by atoms with Gasteiger partial charge in [0.05, 0.1) is 19.2 Å². The van der Waals surface area contributed by atoms with Gasteiger partial charge in [0, 0.05) is 37.8 Å². The molecule has 0 spiro atoms. The number of halogens is 1. The highest BCUT2D eigenvalue weighted by molar-refractivity contribution is 14.0. The van der Waals surface area contributed by atoms with Crippen molar-refractivity contribution in [1.29, 1.82) is 0 Å². The Balaban J connectivity index is 0.00000363. The minimum absolute atomic E-state index is 0. The van der Waals surface area contributed by atoms with Crippen molar-refractivity contribution in [3.63, 3.8) is 0 Å². The molecule has 1 aromatic carbocycles. The molecular formula is C24H40IN5O2. The van der Waals surface area contributed by atoms with Crippen LogP contribution >= 0.6 is 24.0 Å². The number of hydrogen-bond acceptors (Lipinski definition) is 4. The third-order valence-corrected chi connectivity index (χ3v) is 5.94. The molecule has 0 aromatic heterocycles. The summed E-state index contributed by atoms with van der Waals surface area (Å²) in [4.78, 5) is 19.0. The largest absolute Gasteiger partial charge is 0.490 e. The van der Waals surface area contributed by atoms with Crippen molar-refractivity contribution in [2.75, 3.05) is 32.7 Å². The molecule has 0 bridgehead atoms. The molecule has 2 aliphatic rings. The summed E-state index contributed by atoms with van der Waals surface area (Å²) in [7, 11) is 0. The first-order valence-electron chi connectivity index (χ1n) is 12.0. The average Bonchev–Trinajstić information content (AvgIpc) is 2.75. The van der Waals surface area contributed by atoms with Crippen molar-refractivity contribution >= 4 is 35.8 Å². The maximum atomic E-state index is 11.9. The van der Waals surface area contributed by atoms with E-state index in [1.54, 1.807) is 0 Å². The first-order valence-corrected chi connectivity index (χ1v) is 12.0. The van der Waals surface area contributed by atoms with Gasteiger partial charge in [-0.15, -0.1) is 24.0 Å². The fraction of sp³-hybridized carbons (Fsp3) is 0.667. The monoisotopic (exact) mass is 557 g/mol. The molecule has 0 unspecified atom stereocenters. The zero-order valence-corrected chi connectivity index (χ0v) is 21.9. The number of para-hydroxylation sites is 1. The SMILES string of the molecule is CCCNC(=O)CN1CCC(NC(=NCc2ccccc2OC2CCC2)NCC)CC1.I. The van der Waals surface area contributed by atoms with Crippen LogP contribution in [-0.4, -0.2) is 61.6 Å². The van der Waals surface area contributed by atoms with Gasteiger partial charge < -0.3 is 20.7 Å². The molecule has 8 heteroatoms. The molecule has 0 atom stereocenters. The second-order valence-electron chi connectivity index (χ2n) is 8.52. The van der Waals surface area contributed by atoms with Gasteiger partial charge in [-0.05, 0) is 51.5 Å². The second-order valence-corrected chi connectivity index (χ2v) is 8.52. The molecule has 1 aliphatic heterocycles. The summed E-state index contributed by atoms with van der Waals surface area (Å²) >= 11 is 0. The number of amides is 1. The van der Waals surface area contributed by atoms with Crippen LogP contribution in [-0.2, 0) is 11.3 Å². The molecule has 1 aromatic rings. The quantitative estimate of drug-likeness (QED) is 0.234. The molecule has 1 saturated heterocycles. The normalized spacial score (nSPS) is 17.8. The Morgan fingerprint density at radius 3 is 2.53 bits per heavy atom. The van der Waals surface area contributed by atoms with Crippen molar-refractivity contribution in [2.45, 2.75) is 71.1 Å². The number of nitrogens with one attached hydrogen (secondary N) is 3. The van der Waals surface area contributed by atoms with E-state index in [1.807, 2.05) is 12.1 Å². The Bertz CT molecular complexity index is 718. The predicted octanol–water partition coefficient (Wildman–Crippen LogP) is 3.28. The third kappa shape index (κ3) is 8.77. The molecule has 180 valence electrons. The lowest BCUT2D eigenvalue weighted by Gasteiger charge is -2.32. The van der Waals surface area contributed by atoms with E-state index in [-0.39, 0.29) is 29.9 Å². The minimum Gasteiger partial charge on any atom is -0.490 e. The summed E-state index contributed by atoms with van der Waals surface area (Å²) in [6, 6.07) is 8.60. The van der Waals surface area contributed by atoms with E-state index in [9.17, 15) is 4.79 Å². The minimum atomic E-state index is 0. The summed E-state index contributed by atoms with van der Waals surface area (Å²) in [6.45, 7) is 8.68. The molecule has 1 amide bonds. The first-order chi connectivity index (χ1) is 15.2. The fourth-order valence-electron chi connectivity index (χ4n) is 3.85. The molecule has 3 N–H and O–H groups in total. The van der Waals surface area contributed by atoms with E-state index in [2.05, 4.69) is 46.8 Å². The second kappa shape index (κ2) is 14.6. The van der Waals surface area contributed by atoms with Crippen LogP contribution in [0.2, 0.25) is 0 Å². The number of aliphatic imine (C=N–C) groups is 1. The summed E-state index contributed by atoms with van der Waals surface area (Å²) < 4.78 is 6.14. The lowest BCUT2D eigenvalue weighted by atomic mass is 9.96. The number of carbonyl (C=O) groups excluding carboxylic acids is 1. The molecule has 0 radical (unpaired) electrons. The van der Waals surface area contributed by atoms with Gasteiger partial charge in [0.15, 0.2) is 5.96 Å². The summed E-state index contributed by atoms with van der Waals surface area (Å²) in [5.74, 6) is 1.94. The van der Waals surface area contributed by atoms with Gasteiger partial charge in [0.2, 0.25) is 5.91 Å². The Morgan fingerprint density at radius 1 is 1.12 bits per heavy atom. The number of likely N-dealkylation sites (tertiary alicyclic amines) is 1. The Hall–Kier alpha value is -1.55. The number of carbonyl (C=O) groups is 1. The highest BCUT2D eigenvalue weighted by Gasteiger charge is 2.22. The average molecular weight is 558 g/mol. The van der Waals surface area contributed by atoms with Crippen molar-refractivity contribution < 1.29 is 9.53 Å². The first kappa shape index (κ1) is 26.7. The van der Waals surface area contributed by atoms with Gasteiger partial charge in [-0.1, -0.05) is 25.1 Å². The summed E-state index contributed by atoms with van der Waals surface area (Å²) in [5, 5.41) is 9.92. The third-order valence-electron chi connectivity index (χ3n) is 5.94. The highest BCUT2D eigenvalue weighted by Crippen LogP contribution is 2.27. The molecule has 32 heavy (non-hydrogen) atoms. The molecule has 7 nitrogen and oxygen atoms in total. The zero-order valence-electron chi connectivity index (χ0n) is 19.6. The van der Waals surface area contributed by atoms with Gasteiger partial charge in [0.1, 0.15) is 5.75 Å². The van der Waals surface area contributed by atoms with Crippen LogP contribution in [0.15, 0.2) is 29.3 Å². The van der Waals surface area contributed by atoms with Crippen LogP contribution in [0.1, 0.15) is 57.9 Å². The topological polar surface area (TPSA) is 78.0 Å². The van der Waals surface area contributed by atoms with Crippen LogP contribution in [0.4, 0.5) is 0 Å². The summed E-state index contributed by atoms with van der Waals surface area (Å²) in [6.07, 6.45) is 6.93. The molecule has 1 heterocycles. The van der Waals surface area contributed by atoms with Crippen molar-refractivity contribution in [3.8, 4) is 5.75 Å². The smallest absolute Gasteiger partial charge is 0.234 e. The number of nitrogens with zero attached hydrogens (tertiary/aromatic N) is 2. The van der Waals surface area contributed by atoms with E-state index in [0.717, 1.165) is 75.6 Å². The standard InChI is InChI=1S/C24H39N5O2.HI/c1-3-14-26-23(30)18-29-15-12-20(13-16-29)28-24(25-4-2)27-17-19-8-5-6-11-22(19)31-21-9-7-10-21;/h5-6,8,11,20-21H,3-4,7,9-10,12-18H2,1-2H3,(H,26,30)(H2,25,27,28);1H. The van der Waals surface area contributed by atoms with Crippen molar-refractivity contribution in [3.05, 3.63) is 29.8 Å². The Labute approximate surface area is 210 Å². The zero-order chi connectivity index (χ0) is 21.9. The van der Waals surface area contributed by atoms with Crippen molar-refractivity contribution in [1.82, 2.24) is 20.9 Å². The van der Waals surface area contributed by atoms with Crippen LogP contribution in [0.3, 0.4) is 0 Å². The maximum absolute atomic E-state index is 11.9. The molecule has 2 fully saturated rings. The van der Waals surface area contributed by atoms with E-state index in [0.29, 0.717) is 25.2 Å². The number of benzene rings is 1. The van der Waals surface area contributed by atoms with Gasteiger partial charge in [-0.25, -0.2) is 4.99 Å². The molecule has 1 saturated carbocycles. The molecule has 3 rings (SSSR count). The van der Waals surface area contributed by atoms with Crippen LogP contribution in [0.25, 0.3) is 0 Å². The highest BCUT2D eigenvalue weighted by atomic mass is 127. The van der Waals surface area contributed by atoms with Crippen LogP contribution in [0.5, 0.6) is 5.75 Å². The van der Waals surface area contributed by atoms with Crippen molar-refractivity contribution in [2.24, 2.45) is 4.99 Å². The Kier molecular flexibility index (Phi) is 12.2. The number of piperidine rings is 1. The van der Waals surface area contributed by atoms with Crippen LogP contribution in [0, 0.1) is 0 Å². The number of guanidine groups is 1. The fourth-order valence-corrected chi connectivity index (χ4v) is 3.85. The number of rotatable bonds is 10. The van der Waals surface area contributed by atoms with Gasteiger partial charge in [0.25, 0.3) is 0 Å². The van der Waals surface area contributed by atoms with E-state index < -0.39 is 0 Å². The predicted molar refractivity (Wildman–Crippen MR) is 141 cm³/mol. The lowest BCUT2D eigenvalue weighted by Crippen LogP contribution is -2.50. The molecule has 1 aliphatic carbocycles. The van der Waals surface area contributed by atoms with E-state index in [4.69, 9.17) is 9.73 Å². The van der Waals surface area contributed by atoms with E-state index >= 15 is 0 Å². The van der Waals surface area contributed by atoms with Gasteiger partial charge in [-0.2, -0.15) is 0 Å². The molecular weight excluding hydrogens is 517 g/mol. The number of ether oxygens (including phenoxy) is 1. The number of hydrogen-bond donors (Lipinski definition) is 3. The maximum Gasteiger partial charge on any atom is 0.234 e. The van der Waals surface area contributed by atoms with Gasteiger partial charge in [-0.3, -0.25) is 9.69 Å². The lowest BCUT2D eigenvalue weighted by molar-refractivity contribution is -0.122. The van der Waals surface area contributed by atoms with E-state index in [1.165, 1.54) is 6.42 Å². The van der Waals surface area contributed by atoms with Gasteiger partial charge >= 0.3 is 0 Å². The Morgan fingerprint density at radius 2 is 1.88 bits per heavy atom.